The monoisotopic (exact) mass is 350 g/mol. The van der Waals surface area contributed by atoms with Gasteiger partial charge in [-0.3, -0.25) is 0 Å². The van der Waals surface area contributed by atoms with E-state index >= 15 is 0 Å². The van der Waals surface area contributed by atoms with Gasteiger partial charge in [-0.15, -0.1) is 24.2 Å². The van der Waals surface area contributed by atoms with Crippen LogP contribution in [0.25, 0.3) is 10.6 Å². The summed E-state index contributed by atoms with van der Waals surface area (Å²) in [4.78, 5) is 0. The first-order valence-corrected chi connectivity index (χ1v) is 8.83. The van der Waals surface area contributed by atoms with Crippen LogP contribution in [0.2, 0.25) is 0 Å². The van der Waals surface area contributed by atoms with E-state index in [4.69, 9.17) is 10.2 Å². The molecule has 0 spiro atoms. The number of rotatable bonds is 2. The van der Waals surface area contributed by atoms with Crippen molar-refractivity contribution >= 4 is 10.1 Å². The Labute approximate surface area is 135 Å². The Bertz CT molecular complexity index is 203. The van der Waals surface area contributed by atoms with Gasteiger partial charge in [-0.2, -0.15) is 0 Å². The van der Waals surface area contributed by atoms with Gasteiger partial charge in [0.2, 0.25) is 0 Å². The van der Waals surface area contributed by atoms with Crippen LogP contribution in [0.1, 0.15) is 52.4 Å². The Morgan fingerprint density at radius 3 is 1.40 bits per heavy atom. The molecule has 4 unspecified atom stereocenters. The van der Waals surface area contributed by atoms with Crippen LogP contribution in [0.3, 0.4) is 0 Å². The second-order valence-corrected chi connectivity index (χ2v) is 5.53. The zero-order chi connectivity index (χ0) is 15.4. The topological polar surface area (TPSA) is 68.7 Å². The number of aliphatic hydroxyl groups is 2. The van der Waals surface area contributed by atoms with Crippen LogP contribution in [0.5, 0.6) is 0 Å². The fourth-order valence-electron chi connectivity index (χ4n) is 2.59. The van der Waals surface area contributed by atoms with E-state index in [1.165, 1.54) is 25.7 Å². The van der Waals surface area contributed by atoms with Crippen molar-refractivity contribution in [2.24, 2.45) is 0 Å². The van der Waals surface area contributed by atoms with Crippen LogP contribution in [-0.2, 0) is 14.8 Å². The van der Waals surface area contributed by atoms with E-state index in [1.54, 1.807) is 0 Å². The van der Waals surface area contributed by atoms with Crippen LogP contribution in [-0.4, -0.2) is 47.6 Å². The van der Waals surface area contributed by atoms with Crippen molar-refractivity contribution < 1.29 is 25.0 Å². The molecule has 0 aromatic rings. The van der Waals surface area contributed by atoms with Gasteiger partial charge in [0.15, 0.2) is 0 Å². The van der Waals surface area contributed by atoms with Gasteiger partial charge >= 0.3 is 25.0 Å². The number of hydrogen-bond donors (Lipinski definition) is 2. The van der Waals surface area contributed by atoms with Crippen molar-refractivity contribution in [2.75, 3.05) is 13.2 Å². The Morgan fingerprint density at radius 2 is 1.20 bits per heavy atom. The summed E-state index contributed by atoms with van der Waals surface area (Å²) < 4.78 is 0. The van der Waals surface area contributed by atoms with Gasteiger partial charge in [-0.05, 0) is 0 Å². The molecule has 4 nitrogen and oxygen atoms in total. The van der Waals surface area contributed by atoms with E-state index in [1.807, 2.05) is 0 Å². The average molecular weight is 351 g/mol. The second kappa shape index (κ2) is 13.3. The molecule has 0 aromatic heterocycles. The molecular formula is C14H28ClCoN2O2. The molecule has 122 valence electrons. The van der Waals surface area contributed by atoms with Gasteiger partial charge in [0, 0.05) is 13.2 Å². The Hall–Kier alpha value is 0.636. The number of halogens is 1. The average Bonchev–Trinajstić information content (AvgIpc) is 2.50. The molecule has 0 saturated carbocycles. The normalized spacial score (nSPS) is 33.3. The van der Waals surface area contributed by atoms with E-state index in [0.29, 0.717) is 12.1 Å². The van der Waals surface area contributed by atoms with Crippen LogP contribution >= 0.6 is 10.1 Å². The van der Waals surface area contributed by atoms with Crippen molar-refractivity contribution in [3.05, 3.63) is 10.6 Å². The Balaban J connectivity index is 0.000000321. The third-order valence-electron chi connectivity index (χ3n) is 3.67. The summed E-state index contributed by atoms with van der Waals surface area (Å²) in [5.41, 5.74) is 0. The van der Waals surface area contributed by atoms with Crippen LogP contribution in [0, 0.1) is 0 Å². The Kier molecular flexibility index (Phi) is 13.7. The SMILES string of the molecule is CC1CCCC(CO)[N-]1.CC1CCCC(CO)[N-]1.[Cl][Co+2]. The molecule has 2 aliphatic rings. The van der Waals surface area contributed by atoms with E-state index in [0.717, 1.165) is 12.8 Å². The molecule has 2 N–H and O–H groups in total. The van der Waals surface area contributed by atoms with Gasteiger partial charge in [-0.25, -0.2) is 0 Å². The molecule has 4 atom stereocenters. The fourth-order valence-corrected chi connectivity index (χ4v) is 2.59. The van der Waals surface area contributed by atoms with Crippen molar-refractivity contribution in [3.8, 4) is 0 Å². The predicted molar refractivity (Wildman–Crippen MR) is 80.9 cm³/mol. The molecule has 2 rings (SSSR count). The maximum atomic E-state index is 8.72. The number of piperidine rings is 2. The molecule has 2 saturated heterocycles. The van der Waals surface area contributed by atoms with Crippen molar-refractivity contribution in [3.63, 3.8) is 0 Å². The summed E-state index contributed by atoms with van der Waals surface area (Å²) >= 11 is 3.03. The predicted octanol–water partition coefficient (Wildman–Crippen LogP) is 3.27. The molecule has 2 aliphatic heterocycles. The first kappa shape index (κ1) is 20.6. The minimum atomic E-state index is 0.240. The minimum absolute atomic E-state index is 0.240. The number of hydrogen-bond acceptors (Lipinski definition) is 2. The molecule has 6 heteroatoms. The van der Waals surface area contributed by atoms with Crippen molar-refractivity contribution in [2.45, 2.75) is 76.5 Å². The fraction of sp³-hybridized carbons (Fsp3) is 1.00. The molecular weight excluding hydrogens is 323 g/mol. The molecule has 2 heterocycles. The van der Waals surface area contributed by atoms with E-state index < -0.39 is 0 Å². The summed E-state index contributed by atoms with van der Waals surface area (Å²) in [6.07, 6.45) is 7.04. The molecule has 0 radical (unpaired) electrons. The molecule has 0 aliphatic carbocycles. The molecule has 0 amide bonds. The Morgan fingerprint density at radius 1 is 0.850 bits per heavy atom. The van der Waals surface area contributed by atoms with Gasteiger partial charge in [0.1, 0.15) is 0 Å². The second-order valence-electron chi connectivity index (χ2n) is 5.53. The van der Waals surface area contributed by atoms with Crippen molar-refractivity contribution in [1.82, 2.24) is 0 Å². The van der Waals surface area contributed by atoms with E-state index in [-0.39, 0.29) is 25.3 Å². The zero-order valence-electron chi connectivity index (χ0n) is 12.5. The third-order valence-corrected chi connectivity index (χ3v) is 3.67. The molecule has 0 aromatic carbocycles. The molecule has 20 heavy (non-hydrogen) atoms. The van der Waals surface area contributed by atoms with Crippen LogP contribution in [0.15, 0.2) is 0 Å². The van der Waals surface area contributed by atoms with Gasteiger partial charge < -0.3 is 20.8 Å². The van der Waals surface area contributed by atoms with Crippen LogP contribution < -0.4 is 0 Å². The summed E-state index contributed by atoms with van der Waals surface area (Å²) in [5, 5.41) is 26.1. The zero-order valence-corrected chi connectivity index (χ0v) is 14.3. The summed E-state index contributed by atoms with van der Waals surface area (Å²) in [6, 6.07) is 1.45. The first-order valence-electron chi connectivity index (χ1n) is 7.40. The molecule has 0 bridgehead atoms. The number of nitrogens with zero attached hydrogens (tertiary/aromatic N) is 2. The van der Waals surface area contributed by atoms with E-state index in [2.05, 4.69) is 49.5 Å². The van der Waals surface area contributed by atoms with Crippen molar-refractivity contribution in [1.29, 1.82) is 0 Å². The standard InChI is InChI=1S/2C7H14NO.ClH.Co/c2*1-6-3-2-4-7(5-9)8-6;;/h2*6-7,9H,2-5H2,1H3;1H;/q2*-1;;+3/p-1. The first-order chi connectivity index (χ1) is 9.65. The maximum absolute atomic E-state index is 8.72. The summed E-state index contributed by atoms with van der Waals surface area (Å²) in [5.74, 6) is 0. The van der Waals surface area contributed by atoms with Gasteiger partial charge in [0.25, 0.3) is 0 Å². The van der Waals surface area contributed by atoms with Gasteiger partial charge in [-0.1, -0.05) is 52.4 Å². The molecule has 2 fully saturated rings. The summed E-state index contributed by atoms with van der Waals surface area (Å²) in [7, 11) is 4.33. The quantitative estimate of drug-likeness (QED) is 0.802. The summed E-state index contributed by atoms with van der Waals surface area (Å²) in [6.45, 7) is 4.71. The van der Waals surface area contributed by atoms with Crippen LogP contribution in [0.4, 0.5) is 0 Å². The van der Waals surface area contributed by atoms with E-state index in [9.17, 15) is 0 Å². The number of aliphatic hydroxyl groups excluding tert-OH is 2. The van der Waals surface area contributed by atoms with Gasteiger partial charge in [0.05, 0.1) is 0 Å². The third kappa shape index (κ3) is 9.55.